The first kappa shape index (κ1) is 16.6. The van der Waals surface area contributed by atoms with E-state index in [1.165, 1.54) is 0 Å². The molecule has 26 heavy (non-hydrogen) atoms. The van der Waals surface area contributed by atoms with E-state index in [-0.39, 0.29) is 0 Å². The van der Waals surface area contributed by atoms with Crippen molar-refractivity contribution in [2.75, 3.05) is 0 Å². The van der Waals surface area contributed by atoms with Crippen LogP contribution in [-0.2, 0) is 0 Å². The fourth-order valence-corrected chi connectivity index (χ4v) is 2.79. The van der Waals surface area contributed by atoms with Gasteiger partial charge in [0, 0.05) is 27.4 Å². The van der Waals surface area contributed by atoms with Gasteiger partial charge in [-0.25, -0.2) is 4.98 Å². The largest absolute Gasteiger partial charge is 0.253 e. The molecule has 4 nitrogen and oxygen atoms in total. The maximum absolute atomic E-state index is 6.03. The zero-order valence-electron chi connectivity index (χ0n) is 13.5. The fraction of sp³-hybridized carbons (Fsp3) is 0. The second-order valence-electron chi connectivity index (χ2n) is 5.56. The number of hydrogen-bond acceptors (Lipinski definition) is 4. The lowest BCUT2D eigenvalue weighted by atomic mass is 10.0. The van der Waals surface area contributed by atoms with E-state index in [9.17, 15) is 0 Å². The number of nitrogens with zero attached hydrogens (tertiary/aromatic N) is 4. The lowest BCUT2D eigenvalue weighted by Crippen LogP contribution is -2.00. The van der Waals surface area contributed by atoms with Crippen molar-refractivity contribution >= 4 is 23.2 Å². The third kappa shape index (κ3) is 3.43. The summed E-state index contributed by atoms with van der Waals surface area (Å²) in [5.74, 6) is 0.466. The maximum Gasteiger partial charge on any atom is 0.201 e. The van der Waals surface area contributed by atoms with E-state index in [0.29, 0.717) is 33.0 Å². The van der Waals surface area contributed by atoms with Gasteiger partial charge in [0.1, 0.15) is 17.1 Å². The van der Waals surface area contributed by atoms with E-state index in [4.69, 9.17) is 28.2 Å². The summed E-state index contributed by atoms with van der Waals surface area (Å²) in [6.45, 7) is 0. The molecule has 2 heterocycles. The van der Waals surface area contributed by atoms with E-state index in [1.54, 1.807) is 6.20 Å². The molecule has 0 bridgehead atoms. The van der Waals surface area contributed by atoms with Gasteiger partial charge >= 0.3 is 0 Å². The first-order valence-electron chi connectivity index (χ1n) is 7.89. The van der Waals surface area contributed by atoms with E-state index in [1.807, 2.05) is 66.7 Å². The zero-order valence-corrected chi connectivity index (χ0v) is 15.0. The number of halogens is 2. The molecule has 126 valence electrons. The number of benzene rings is 2. The fourth-order valence-electron chi connectivity index (χ4n) is 2.54. The van der Waals surface area contributed by atoms with Gasteiger partial charge in [0.2, 0.25) is 5.82 Å². The third-order valence-electron chi connectivity index (χ3n) is 3.82. The van der Waals surface area contributed by atoms with Crippen LogP contribution in [0.5, 0.6) is 0 Å². The Morgan fingerprint density at radius 1 is 0.615 bits per heavy atom. The molecule has 0 atom stereocenters. The van der Waals surface area contributed by atoms with Crippen molar-refractivity contribution in [2.24, 2.45) is 0 Å². The van der Waals surface area contributed by atoms with Crippen LogP contribution in [-0.4, -0.2) is 20.2 Å². The van der Waals surface area contributed by atoms with Gasteiger partial charge in [0.05, 0.1) is 0 Å². The van der Waals surface area contributed by atoms with Crippen LogP contribution in [0.1, 0.15) is 0 Å². The van der Waals surface area contributed by atoms with Crippen LogP contribution in [0.3, 0.4) is 0 Å². The topological polar surface area (TPSA) is 51.6 Å². The molecule has 0 amide bonds. The minimum Gasteiger partial charge on any atom is -0.253 e. The van der Waals surface area contributed by atoms with Gasteiger partial charge in [-0.05, 0) is 36.4 Å². The van der Waals surface area contributed by atoms with Gasteiger partial charge in [-0.3, -0.25) is 4.98 Å². The van der Waals surface area contributed by atoms with E-state index in [0.717, 1.165) is 11.1 Å². The smallest absolute Gasteiger partial charge is 0.201 e. The summed E-state index contributed by atoms with van der Waals surface area (Å²) >= 11 is 12.0. The van der Waals surface area contributed by atoms with Crippen molar-refractivity contribution < 1.29 is 0 Å². The van der Waals surface area contributed by atoms with E-state index < -0.39 is 0 Å². The molecule has 0 N–H and O–H groups in total. The van der Waals surface area contributed by atoms with Crippen LogP contribution in [0, 0.1) is 0 Å². The summed E-state index contributed by atoms with van der Waals surface area (Å²) in [5, 5.41) is 10.0. The van der Waals surface area contributed by atoms with Crippen molar-refractivity contribution in [1.82, 2.24) is 20.2 Å². The SMILES string of the molecule is Clc1ccc(-c2nnc(-c3ccccn3)nc2-c2ccc(Cl)cc2)cc1. The third-order valence-corrected chi connectivity index (χ3v) is 4.32. The van der Waals surface area contributed by atoms with Gasteiger partial charge in [0.25, 0.3) is 0 Å². The van der Waals surface area contributed by atoms with E-state index in [2.05, 4.69) is 15.2 Å². The zero-order chi connectivity index (χ0) is 17.9. The molecular formula is C20H12Cl2N4. The van der Waals surface area contributed by atoms with Gasteiger partial charge in [-0.1, -0.05) is 53.5 Å². The van der Waals surface area contributed by atoms with Crippen molar-refractivity contribution in [2.45, 2.75) is 0 Å². The Morgan fingerprint density at radius 3 is 1.81 bits per heavy atom. The first-order chi connectivity index (χ1) is 12.7. The normalized spacial score (nSPS) is 10.7. The molecular weight excluding hydrogens is 367 g/mol. The Morgan fingerprint density at radius 2 is 1.23 bits per heavy atom. The number of pyridine rings is 1. The Hall–Kier alpha value is -2.82. The second kappa shape index (κ2) is 7.20. The lowest BCUT2D eigenvalue weighted by Gasteiger charge is -2.09. The average Bonchev–Trinajstić information content (AvgIpc) is 2.70. The minimum atomic E-state index is 0.466. The van der Waals surface area contributed by atoms with Crippen LogP contribution in [0.2, 0.25) is 10.0 Å². The molecule has 4 aromatic rings. The second-order valence-corrected chi connectivity index (χ2v) is 6.43. The number of rotatable bonds is 3. The summed E-state index contributed by atoms with van der Waals surface area (Å²) in [7, 11) is 0. The van der Waals surface area contributed by atoms with E-state index >= 15 is 0 Å². The van der Waals surface area contributed by atoms with Gasteiger partial charge in [0.15, 0.2) is 0 Å². The molecule has 0 radical (unpaired) electrons. The Balaban J connectivity index is 1.90. The summed E-state index contributed by atoms with van der Waals surface area (Å²) in [6, 6.07) is 20.5. The number of hydrogen-bond donors (Lipinski definition) is 0. The highest BCUT2D eigenvalue weighted by Gasteiger charge is 2.15. The highest BCUT2D eigenvalue weighted by atomic mass is 35.5. The summed E-state index contributed by atoms with van der Waals surface area (Å²) in [6.07, 6.45) is 1.70. The van der Waals surface area contributed by atoms with Crippen molar-refractivity contribution in [3.8, 4) is 34.0 Å². The Labute approximate surface area is 160 Å². The van der Waals surface area contributed by atoms with Crippen LogP contribution in [0.4, 0.5) is 0 Å². The first-order valence-corrected chi connectivity index (χ1v) is 8.64. The van der Waals surface area contributed by atoms with Crippen molar-refractivity contribution in [1.29, 1.82) is 0 Å². The molecule has 0 saturated carbocycles. The molecule has 0 aliphatic heterocycles. The lowest BCUT2D eigenvalue weighted by molar-refractivity contribution is 0.981. The van der Waals surface area contributed by atoms with Crippen LogP contribution in [0.25, 0.3) is 34.0 Å². The molecule has 0 aliphatic rings. The van der Waals surface area contributed by atoms with Crippen LogP contribution >= 0.6 is 23.2 Å². The maximum atomic E-state index is 6.03. The number of aromatic nitrogens is 4. The molecule has 2 aromatic heterocycles. The molecule has 0 spiro atoms. The standard InChI is InChI=1S/C20H12Cl2N4/c21-15-8-4-13(5-9-15)18-19(14-6-10-16(22)11-7-14)25-26-20(24-18)17-3-1-2-12-23-17/h1-12H. The predicted molar refractivity (Wildman–Crippen MR) is 104 cm³/mol. The minimum absolute atomic E-state index is 0.466. The Bertz CT molecular complexity index is 1030. The monoisotopic (exact) mass is 378 g/mol. The summed E-state index contributed by atoms with van der Waals surface area (Å²) < 4.78 is 0. The molecule has 0 saturated heterocycles. The van der Waals surface area contributed by atoms with Crippen LogP contribution < -0.4 is 0 Å². The van der Waals surface area contributed by atoms with Gasteiger partial charge < -0.3 is 0 Å². The molecule has 6 heteroatoms. The van der Waals surface area contributed by atoms with Gasteiger partial charge in [-0.2, -0.15) is 0 Å². The molecule has 0 fully saturated rings. The average molecular weight is 379 g/mol. The molecule has 0 aliphatic carbocycles. The van der Waals surface area contributed by atoms with Crippen LogP contribution in [0.15, 0.2) is 72.9 Å². The highest BCUT2D eigenvalue weighted by molar-refractivity contribution is 6.31. The quantitative estimate of drug-likeness (QED) is 0.467. The van der Waals surface area contributed by atoms with Crippen molar-refractivity contribution in [3.63, 3.8) is 0 Å². The predicted octanol–water partition coefficient (Wildman–Crippen LogP) is 5.57. The highest BCUT2D eigenvalue weighted by Crippen LogP contribution is 2.31. The van der Waals surface area contributed by atoms with Crippen molar-refractivity contribution in [3.05, 3.63) is 83.0 Å². The molecule has 2 aromatic carbocycles. The summed E-state index contributed by atoms with van der Waals surface area (Å²) in [4.78, 5) is 9.04. The molecule has 4 rings (SSSR count). The summed E-state index contributed by atoms with van der Waals surface area (Å²) in [5.41, 5.74) is 3.82. The molecule has 0 unspecified atom stereocenters. The Kier molecular flexibility index (Phi) is 4.61. The van der Waals surface area contributed by atoms with Gasteiger partial charge in [-0.15, -0.1) is 10.2 Å².